The maximum atomic E-state index is 11.8. The number of methoxy groups -OCH3 is 1. The van der Waals surface area contributed by atoms with Crippen molar-refractivity contribution in [1.82, 2.24) is 0 Å². The minimum atomic E-state index is -0.295. The molecule has 0 aliphatic heterocycles. The number of ether oxygens (including phenoxy) is 1. The van der Waals surface area contributed by atoms with Crippen molar-refractivity contribution in [2.45, 2.75) is 24.0 Å². The van der Waals surface area contributed by atoms with Crippen molar-refractivity contribution in [1.29, 1.82) is 0 Å². The molecule has 0 radical (unpaired) electrons. The minimum absolute atomic E-state index is 0.295. The van der Waals surface area contributed by atoms with Gasteiger partial charge < -0.3 is 9.15 Å². The van der Waals surface area contributed by atoms with Crippen LogP contribution in [0, 0.1) is 0 Å². The van der Waals surface area contributed by atoms with Crippen molar-refractivity contribution >= 4 is 22.7 Å². The lowest BCUT2D eigenvalue weighted by Gasteiger charge is -2.07. The third-order valence-corrected chi connectivity index (χ3v) is 4.82. The van der Waals surface area contributed by atoms with E-state index in [9.17, 15) is 4.79 Å². The Kier molecular flexibility index (Phi) is 4.72. The highest BCUT2D eigenvalue weighted by atomic mass is 32.2. The lowest BCUT2D eigenvalue weighted by molar-refractivity contribution is 0.414. The first-order valence-corrected chi connectivity index (χ1v) is 8.50. The zero-order valence-corrected chi connectivity index (χ0v) is 14.0. The quantitative estimate of drug-likeness (QED) is 0.505. The number of benzene rings is 2. The normalized spacial score (nSPS) is 10.9. The topological polar surface area (TPSA) is 39.4 Å². The van der Waals surface area contributed by atoms with Gasteiger partial charge >= 0.3 is 5.63 Å². The van der Waals surface area contributed by atoms with Gasteiger partial charge in [-0.3, -0.25) is 0 Å². The molecule has 4 heteroatoms. The molecule has 0 aliphatic carbocycles. The second-order valence-electron chi connectivity index (χ2n) is 5.24. The molecule has 0 bridgehead atoms. The largest absolute Gasteiger partial charge is 0.497 e. The van der Waals surface area contributed by atoms with Crippen LogP contribution in [-0.2, 0) is 12.2 Å². The summed E-state index contributed by atoms with van der Waals surface area (Å²) in [5, 5.41) is 1.00. The van der Waals surface area contributed by atoms with E-state index < -0.39 is 0 Å². The van der Waals surface area contributed by atoms with E-state index >= 15 is 0 Å². The second-order valence-corrected chi connectivity index (χ2v) is 6.29. The predicted octanol–water partition coefficient (Wildman–Crippen LogP) is 4.66. The van der Waals surface area contributed by atoms with E-state index in [4.69, 9.17) is 9.15 Å². The predicted molar refractivity (Wildman–Crippen MR) is 94.4 cm³/mol. The summed E-state index contributed by atoms with van der Waals surface area (Å²) in [5.41, 5.74) is 2.54. The number of hydrogen-bond acceptors (Lipinski definition) is 4. The van der Waals surface area contributed by atoms with Crippen LogP contribution >= 0.6 is 11.8 Å². The molecular weight excluding hydrogens is 308 g/mol. The summed E-state index contributed by atoms with van der Waals surface area (Å²) in [7, 11) is 1.65. The smallest absolute Gasteiger partial charge is 0.336 e. The fourth-order valence-corrected chi connectivity index (χ4v) is 3.34. The van der Waals surface area contributed by atoms with E-state index in [1.165, 1.54) is 5.56 Å². The third kappa shape index (κ3) is 3.59. The molecule has 0 spiro atoms. The summed E-state index contributed by atoms with van der Waals surface area (Å²) in [6.45, 7) is 2.09. The molecule has 23 heavy (non-hydrogen) atoms. The lowest BCUT2D eigenvalue weighted by Crippen LogP contribution is -2.00. The van der Waals surface area contributed by atoms with Crippen molar-refractivity contribution in [2.75, 3.05) is 7.11 Å². The fraction of sp³-hybridized carbons (Fsp3) is 0.211. The minimum Gasteiger partial charge on any atom is -0.497 e. The summed E-state index contributed by atoms with van der Waals surface area (Å²) in [5.74, 6) is 1.56. The van der Waals surface area contributed by atoms with E-state index in [1.54, 1.807) is 24.9 Å². The Balaban J connectivity index is 1.88. The van der Waals surface area contributed by atoms with Crippen LogP contribution in [0.4, 0.5) is 0 Å². The van der Waals surface area contributed by atoms with Crippen molar-refractivity contribution < 1.29 is 9.15 Å². The van der Waals surface area contributed by atoms with Crippen molar-refractivity contribution in [3.8, 4) is 5.75 Å². The van der Waals surface area contributed by atoms with E-state index in [1.807, 2.05) is 36.4 Å². The van der Waals surface area contributed by atoms with Crippen molar-refractivity contribution in [3.05, 3.63) is 70.1 Å². The third-order valence-electron chi connectivity index (χ3n) is 3.76. The molecule has 0 amide bonds. The first-order valence-electron chi connectivity index (χ1n) is 7.52. The van der Waals surface area contributed by atoms with Gasteiger partial charge in [-0.15, -0.1) is 11.8 Å². The van der Waals surface area contributed by atoms with E-state index in [-0.39, 0.29) is 5.63 Å². The van der Waals surface area contributed by atoms with Gasteiger partial charge in [0.2, 0.25) is 0 Å². The average Bonchev–Trinajstić information content (AvgIpc) is 2.59. The number of rotatable bonds is 5. The highest BCUT2D eigenvalue weighted by Gasteiger charge is 2.07. The number of aryl methyl sites for hydroxylation is 1. The molecule has 0 fully saturated rings. The van der Waals surface area contributed by atoms with Crippen molar-refractivity contribution in [2.24, 2.45) is 0 Å². The van der Waals surface area contributed by atoms with Gasteiger partial charge in [-0.05, 0) is 47.9 Å². The molecule has 3 nitrogen and oxygen atoms in total. The summed E-state index contributed by atoms with van der Waals surface area (Å²) < 4.78 is 10.5. The van der Waals surface area contributed by atoms with Gasteiger partial charge in [-0.25, -0.2) is 4.79 Å². The molecule has 3 aromatic rings. The maximum absolute atomic E-state index is 11.8. The van der Waals surface area contributed by atoms with Gasteiger partial charge in [0, 0.05) is 22.1 Å². The van der Waals surface area contributed by atoms with E-state index in [2.05, 4.69) is 13.0 Å². The Morgan fingerprint density at radius 1 is 1.09 bits per heavy atom. The first kappa shape index (κ1) is 15.7. The SMILES string of the molecule is CCc1ccc2c(CSc3ccc(OC)cc3)cc(=O)oc2c1. The first-order chi connectivity index (χ1) is 11.2. The molecule has 0 N–H and O–H groups in total. The van der Waals surface area contributed by atoms with E-state index in [0.29, 0.717) is 5.58 Å². The highest BCUT2D eigenvalue weighted by Crippen LogP contribution is 2.28. The van der Waals surface area contributed by atoms with Crippen LogP contribution < -0.4 is 10.4 Å². The van der Waals surface area contributed by atoms with Crippen LogP contribution in [0.25, 0.3) is 11.0 Å². The van der Waals surface area contributed by atoms with Crippen LogP contribution in [0.2, 0.25) is 0 Å². The molecule has 0 aliphatic rings. The van der Waals surface area contributed by atoms with Crippen molar-refractivity contribution in [3.63, 3.8) is 0 Å². The Bertz CT molecular complexity index is 866. The molecule has 2 aromatic carbocycles. The van der Waals surface area contributed by atoms with Crippen LogP contribution in [0.3, 0.4) is 0 Å². The summed E-state index contributed by atoms with van der Waals surface area (Å²) in [4.78, 5) is 12.9. The Morgan fingerprint density at radius 3 is 2.57 bits per heavy atom. The van der Waals surface area contributed by atoms with Gasteiger partial charge in [0.05, 0.1) is 7.11 Å². The molecule has 0 saturated heterocycles. The molecule has 0 saturated carbocycles. The number of fused-ring (bicyclic) bond motifs is 1. The van der Waals surface area contributed by atoms with Crippen LogP contribution in [0.15, 0.2) is 62.6 Å². The molecule has 0 unspecified atom stereocenters. The standard InChI is InChI=1S/C19H18O3S/c1-3-13-4-9-17-14(11-19(20)22-18(17)10-13)12-23-16-7-5-15(21-2)6-8-16/h4-11H,3,12H2,1-2H3. The van der Waals surface area contributed by atoms with Gasteiger partial charge in [-0.1, -0.05) is 19.1 Å². The zero-order chi connectivity index (χ0) is 16.2. The maximum Gasteiger partial charge on any atom is 0.336 e. The van der Waals surface area contributed by atoms with Crippen LogP contribution in [0.1, 0.15) is 18.1 Å². The molecule has 118 valence electrons. The average molecular weight is 326 g/mol. The van der Waals surface area contributed by atoms with E-state index in [0.717, 1.165) is 33.8 Å². The highest BCUT2D eigenvalue weighted by molar-refractivity contribution is 7.98. The monoisotopic (exact) mass is 326 g/mol. The fourth-order valence-electron chi connectivity index (χ4n) is 2.45. The summed E-state index contributed by atoms with van der Waals surface area (Å²) in [6.07, 6.45) is 0.921. The van der Waals surface area contributed by atoms with Crippen LogP contribution in [0.5, 0.6) is 5.75 Å². The Morgan fingerprint density at radius 2 is 1.87 bits per heavy atom. The number of thioether (sulfide) groups is 1. The van der Waals surface area contributed by atoms with Gasteiger partial charge in [0.25, 0.3) is 0 Å². The molecule has 1 aromatic heterocycles. The molecule has 0 atom stereocenters. The van der Waals surface area contributed by atoms with Crippen LogP contribution in [-0.4, -0.2) is 7.11 Å². The summed E-state index contributed by atoms with van der Waals surface area (Å²) >= 11 is 1.69. The van der Waals surface area contributed by atoms with Gasteiger partial charge in [-0.2, -0.15) is 0 Å². The molecular formula is C19H18O3S. The number of hydrogen-bond donors (Lipinski definition) is 0. The molecule has 3 rings (SSSR count). The second kappa shape index (κ2) is 6.92. The van der Waals surface area contributed by atoms with Gasteiger partial charge in [0.15, 0.2) is 0 Å². The lowest BCUT2D eigenvalue weighted by atomic mass is 10.1. The Hall–Kier alpha value is -2.20. The zero-order valence-electron chi connectivity index (χ0n) is 13.2. The van der Waals surface area contributed by atoms with Gasteiger partial charge in [0.1, 0.15) is 11.3 Å². The summed E-state index contributed by atoms with van der Waals surface area (Å²) in [6, 6.07) is 15.6. The molecule has 1 heterocycles. The Labute approximate surface area is 139 Å².